The van der Waals surface area contributed by atoms with Crippen molar-refractivity contribution in [3.8, 4) is 11.5 Å². The molecule has 4 aromatic carbocycles. The Hall–Kier alpha value is -3.88. The average molecular weight is 589 g/mol. The number of halogens is 1. The first kappa shape index (κ1) is 29.6. The van der Waals surface area contributed by atoms with Crippen LogP contribution in [0.2, 0.25) is 0 Å². The minimum absolute atomic E-state index is 0.0274. The van der Waals surface area contributed by atoms with Gasteiger partial charge in [-0.25, -0.2) is 12.8 Å². The van der Waals surface area contributed by atoms with E-state index in [9.17, 15) is 8.42 Å². The van der Waals surface area contributed by atoms with Crippen molar-refractivity contribution in [2.75, 3.05) is 24.6 Å². The molecule has 8 heteroatoms. The second-order valence-electron chi connectivity index (χ2n) is 10.5. The van der Waals surface area contributed by atoms with Gasteiger partial charge in [-0.1, -0.05) is 48.5 Å². The van der Waals surface area contributed by atoms with Gasteiger partial charge in [-0.05, 0) is 97.3 Å². The normalized spacial score (nSPS) is 12.9. The molecule has 6 nitrogen and oxygen atoms in total. The number of aryl methyl sites for hydroxylation is 1. The van der Waals surface area contributed by atoms with Crippen molar-refractivity contribution < 1.29 is 22.3 Å². The standard InChI is InChI=1S/C34H37FN2O4S/c1-40-30-14-11-27(12-15-30)25-37(42(38,39)32-17-13-29-24-36-20-19-28(29)22-32)34-18-16-31(23-33(34)35)41-21-7-3-6-10-26-8-4-2-5-9-26/h2,4-5,8-9,11-18,22-23,36H,3,6-7,10,19-21,24-25H2,1H3. The summed E-state index contributed by atoms with van der Waals surface area (Å²) < 4.78 is 55.9. The number of methoxy groups -OCH3 is 1. The van der Waals surface area contributed by atoms with Crippen molar-refractivity contribution in [3.05, 3.63) is 119 Å². The van der Waals surface area contributed by atoms with Crippen LogP contribution in [0.1, 0.15) is 41.5 Å². The minimum atomic E-state index is -4.09. The summed E-state index contributed by atoms with van der Waals surface area (Å²) in [4.78, 5) is 0.145. The van der Waals surface area contributed by atoms with E-state index in [4.69, 9.17) is 9.47 Å². The van der Waals surface area contributed by atoms with Gasteiger partial charge in [0.25, 0.3) is 10.0 Å². The van der Waals surface area contributed by atoms with E-state index >= 15 is 4.39 Å². The van der Waals surface area contributed by atoms with Crippen LogP contribution >= 0.6 is 0 Å². The van der Waals surface area contributed by atoms with Crippen LogP contribution in [-0.4, -0.2) is 28.7 Å². The van der Waals surface area contributed by atoms with Gasteiger partial charge in [0.1, 0.15) is 11.5 Å². The lowest BCUT2D eigenvalue weighted by atomic mass is 10.0. The summed E-state index contributed by atoms with van der Waals surface area (Å²) in [6.07, 6.45) is 4.66. The molecule has 0 fully saturated rings. The van der Waals surface area contributed by atoms with E-state index in [1.165, 1.54) is 17.7 Å². The Balaban J connectivity index is 1.32. The van der Waals surface area contributed by atoms with Gasteiger partial charge in [-0.3, -0.25) is 4.31 Å². The molecule has 0 unspecified atom stereocenters. The number of unbranched alkanes of at least 4 members (excludes halogenated alkanes) is 2. The highest BCUT2D eigenvalue weighted by Gasteiger charge is 2.29. The van der Waals surface area contributed by atoms with Crippen LogP contribution in [0.5, 0.6) is 11.5 Å². The zero-order valence-corrected chi connectivity index (χ0v) is 24.7. The highest BCUT2D eigenvalue weighted by molar-refractivity contribution is 7.92. The second-order valence-corrected chi connectivity index (χ2v) is 12.3. The van der Waals surface area contributed by atoms with E-state index in [1.807, 2.05) is 24.3 Å². The maximum Gasteiger partial charge on any atom is 0.264 e. The maximum absolute atomic E-state index is 15.6. The summed E-state index contributed by atoms with van der Waals surface area (Å²) in [7, 11) is -2.52. The Kier molecular flexibility index (Phi) is 9.77. The van der Waals surface area contributed by atoms with Gasteiger partial charge in [0.2, 0.25) is 0 Å². The molecule has 0 saturated carbocycles. The molecule has 5 rings (SSSR count). The number of nitrogens with zero attached hydrogens (tertiary/aromatic N) is 1. The second kappa shape index (κ2) is 13.9. The molecule has 1 aliphatic heterocycles. The Morgan fingerprint density at radius 1 is 0.833 bits per heavy atom. The lowest BCUT2D eigenvalue weighted by Gasteiger charge is -2.26. The molecule has 42 heavy (non-hydrogen) atoms. The summed E-state index contributed by atoms with van der Waals surface area (Å²) in [5.41, 5.74) is 4.07. The molecular weight excluding hydrogens is 551 g/mol. The molecule has 1 N–H and O–H groups in total. The Morgan fingerprint density at radius 3 is 2.38 bits per heavy atom. The SMILES string of the molecule is COc1ccc(CN(c2ccc(OCCCCCc3ccccc3)cc2F)S(=O)(=O)c2ccc3c(c2)CCNC3)cc1. The number of hydrogen-bond donors (Lipinski definition) is 1. The first-order valence-electron chi connectivity index (χ1n) is 14.4. The predicted molar refractivity (Wildman–Crippen MR) is 164 cm³/mol. The van der Waals surface area contributed by atoms with Gasteiger partial charge in [0.15, 0.2) is 5.82 Å². The molecule has 0 atom stereocenters. The van der Waals surface area contributed by atoms with Crippen molar-refractivity contribution in [1.29, 1.82) is 0 Å². The number of rotatable bonds is 13. The molecule has 0 spiro atoms. The van der Waals surface area contributed by atoms with Crippen LogP contribution in [0.15, 0.2) is 95.9 Å². The number of benzene rings is 4. The molecular formula is C34H37FN2O4S. The lowest BCUT2D eigenvalue weighted by Crippen LogP contribution is -2.32. The number of ether oxygens (including phenoxy) is 2. The first-order chi connectivity index (χ1) is 20.4. The molecule has 0 radical (unpaired) electrons. The Labute approximate surface area is 248 Å². The third-order valence-electron chi connectivity index (χ3n) is 7.55. The molecule has 0 saturated heterocycles. The smallest absolute Gasteiger partial charge is 0.264 e. The van der Waals surface area contributed by atoms with Crippen molar-refractivity contribution in [2.24, 2.45) is 0 Å². The number of hydrogen-bond acceptors (Lipinski definition) is 5. The summed E-state index contributed by atoms with van der Waals surface area (Å²) in [6.45, 7) is 1.92. The summed E-state index contributed by atoms with van der Waals surface area (Å²) >= 11 is 0. The van der Waals surface area contributed by atoms with Gasteiger partial charge in [-0.15, -0.1) is 0 Å². The van der Waals surface area contributed by atoms with E-state index in [2.05, 4.69) is 17.4 Å². The van der Waals surface area contributed by atoms with Crippen LogP contribution in [0.3, 0.4) is 0 Å². The maximum atomic E-state index is 15.6. The van der Waals surface area contributed by atoms with Gasteiger partial charge in [0, 0.05) is 12.6 Å². The molecule has 1 heterocycles. The topological polar surface area (TPSA) is 67.9 Å². The highest BCUT2D eigenvalue weighted by atomic mass is 32.2. The van der Waals surface area contributed by atoms with E-state index in [-0.39, 0.29) is 17.1 Å². The van der Waals surface area contributed by atoms with Crippen molar-refractivity contribution in [1.82, 2.24) is 5.32 Å². The van der Waals surface area contributed by atoms with Gasteiger partial charge >= 0.3 is 0 Å². The fourth-order valence-electron chi connectivity index (χ4n) is 5.16. The Morgan fingerprint density at radius 2 is 1.62 bits per heavy atom. The van der Waals surface area contributed by atoms with E-state index in [0.717, 1.165) is 54.1 Å². The number of nitrogens with one attached hydrogen (secondary N) is 1. The zero-order valence-electron chi connectivity index (χ0n) is 23.9. The van der Waals surface area contributed by atoms with Crippen LogP contribution in [0.25, 0.3) is 0 Å². The largest absolute Gasteiger partial charge is 0.497 e. The van der Waals surface area contributed by atoms with Crippen LogP contribution in [0.4, 0.5) is 10.1 Å². The molecule has 0 aromatic heterocycles. The van der Waals surface area contributed by atoms with Crippen LogP contribution in [-0.2, 0) is 36.0 Å². The third kappa shape index (κ3) is 7.30. The van der Waals surface area contributed by atoms with Gasteiger partial charge in [0.05, 0.1) is 30.8 Å². The van der Waals surface area contributed by atoms with Crippen molar-refractivity contribution in [3.63, 3.8) is 0 Å². The number of anilines is 1. The fraction of sp³-hybridized carbons (Fsp3) is 0.294. The highest BCUT2D eigenvalue weighted by Crippen LogP contribution is 2.32. The quantitative estimate of drug-likeness (QED) is 0.177. The van der Waals surface area contributed by atoms with E-state index < -0.39 is 15.8 Å². The van der Waals surface area contributed by atoms with E-state index in [1.54, 1.807) is 49.6 Å². The average Bonchev–Trinajstić information content (AvgIpc) is 3.02. The monoisotopic (exact) mass is 588 g/mol. The number of fused-ring (bicyclic) bond motifs is 1. The molecule has 4 aromatic rings. The predicted octanol–water partition coefficient (Wildman–Crippen LogP) is 6.67. The van der Waals surface area contributed by atoms with Crippen molar-refractivity contribution >= 4 is 15.7 Å². The molecule has 0 amide bonds. The third-order valence-corrected chi connectivity index (χ3v) is 9.30. The number of sulfonamides is 1. The summed E-state index contributed by atoms with van der Waals surface area (Å²) in [5.74, 6) is 0.377. The Bertz CT molecular complexity index is 1580. The lowest BCUT2D eigenvalue weighted by molar-refractivity contribution is 0.304. The van der Waals surface area contributed by atoms with Crippen LogP contribution in [0, 0.1) is 5.82 Å². The molecule has 0 aliphatic carbocycles. The van der Waals surface area contributed by atoms with Gasteiger partial charge < -0.3 is 14.8 Å². The zero-order chi connectivity index (χ0) is 29.4. The first-order valence-corrected chi connectivity index (χ1v) is 15.8. The molecule has 1 aliphatic rings. The fourth-order valence-corrected chi connectivity index (χ4v) is 6.67. The molecule has 220 valence electrons. The van der Waals surface area contributed by atoms with Crippen molar-refractivity contribution in [2.45, 2.75) is 50.1 Å². The summed E-state index contributed by atoms with van der Waals surface area (Å²) in [6, 6.07) is 27.0. The van der Waals surface area contributed by atoms with E-state index in [0.29, 0.717) is 30.2 Å². The molecule has 0 bridgehead atoms. The van der Waals surface area contributed by atoms with Crippen LogP contribution < -0.4 is 19.1 Å². The minimum Gasteiger partial charge on any atom is -0.497 e. The summed E-state index contributed by atoms with van der Waals surface area (Å²) in [5, 5.41) is 3.30. The van der Waals surface area contributed by atoms with Gasteiger partial charge in [-0.2, -0.15) is 0 Å².